The second-order valence-electron chi connectivity index (χ2n) is 4.40. The third-order valence-electron chi connectivity index (χ3n) is 2.76. The van der Waals surface area contributed by atoms with E-state index in [0.717, 1.165) is 11.8 Å². The molecule has 0 heterocycles. The maximum atomic E-state index is 13.7. The molecule has 2 rings (SSSR count). The first kappa shape index (κ1) is 13.1. The fraction of sp³-hybridized carbons (Fsp3) is 0.143. The molecule has 0 fully saturated rings. The van der Waals surface area contributed by atoms with Gasteiger partial charge in [-0.1, -0.05) is 6.07 Å². The molecule has 2 aromatic rings. The summed E-state index contributed by atoms with van der Waals surface area (Å²) in [5.41, 5.74) is 7.36. The Morgan fingerprint density at radius 3 is 2.53 bits per heavy atom. The summed E-state index contributed by atoms with van der Waals surface area (Å²) >= 11 is 0. The van der Waals surface area contributed by atoms with Gasteiger partial charge in [0.15, 0.2) is 11.6 Å². The lowest BCUT2D eigenvalue weighted by Gasteiger charge is -2.15. The van der Waals surface area contributed by atoms with Crippen LogP contribution in [0.15, 0.2) is 36.4 Å². The van der Waals surface area contributed by atoms with Gasteiger partial charge in [0.25, 0.3) is 0 Å². The molecule has 0 amide bonds. The zero-order valence-electron chi connectivity index (χ0n) is 10.7. The fourth-order valence-corrected chi connectivity index (χ4v) is 1.70. The Morgan fingerprint density at radius 2 is 1.84 bits per heavy atom. The zero-order valence-corrected chi connectivity index (χ0v) is 10.7. The van der Waals surface area contributed by atoms with E-state index in [9.17, 15) is 8.78 Å². The largest absolute Gasteiger partial charge is 0.397 e. The first-order valence-electron chi connectivity index (χ1n) is 5.77. The van der Waals surface area contributed by atoms with Gasteiger partial charge in [0.2, 0.25) is 0 Å². The van der Waals surface area contributed by atoms with Crippen LogP contribution in [0.25, 0.3) is 0 Å². The Kier molecular flexibility index (Phi) is 3.55. The number of nitrogens with one attached hydrogen (secondary N) is 1. The number of hydrogen-bond donors (Lipinski definition) is 2. The van der Waals surface area contributed by atoms with Crippen molar-refractivity contribution in [1.82, 2.24) is 0 Å². The summed E-state index contributed by atoms with van der Waals surface area (Å²) in [5.74, 6) is -1.91. The van der Waals surface area contributed by atoms with Crippen LogP contribution in [0, 0.1) is 11.6 Å². The number of nitrogens with two attached hydrogens (primary N) is 1. The average Bonchev–Trinajstić information content (AvgIpc) is 2.39. The molecule has 0 atom stereocenters. The molecule has 3 nitrogen and oxygen atoms in total. The summed E-state index contributed by atoms with van der Waals surface area (Å²) in [5, 5.41) is 2.81. The molecule has 0 aromatic heterocycles. The molecule has 5 heteroatoms. The van der Waals surface area contributed by atoms with Gasteiger partial charge in [-0.15, -0.1) is 0 Å². The van der Waals surface area contributed by atoms with E-state index < -0.39 is 11.6 Å². The Labute approximate surface area is 110 Å². The van der Waals surface area contributed by atoms with Crippen LogP contribution < -0.4 is 16.0 Å². The van der Waals surface area contributed by atoms with Crippen LogP contribution in [-0.2, 0) is 0 Å². The van der Waals surface area contributed by atoms with Crippen LogP contribution in [0.1, 0.15) is 0 Å². The Morgan fingerprint density at radius 1 is 1.11 bits per heavy atom. The molecule has 19 heavy (non-hydrogen) atoms. The molecule has 0 bridgehead atoms. The number of hydrogen-bond acceptors (Lipinski definition) is 3. The highest BCUT2D eigenvalue weighted by Crippen LogP contribution is 2.29. The van der Waals surface area contributed by atoms with Crippen LogP contribution in [0.2, 0.25) is 0 Å². The van der Waals surface area contributed by atoms with E-state index in [-0.39, 0.29) is 11.4 Å². The van der Waals surface area contributed by atoms with E-state index in [1.165, 1.54) is 6.07 Å². The predicted molar refractivity (Wildman–Crippen MR) is 74.8 cm³/mol. The van der Waals surface area contributed by atoms with Crippen molar-refractivity contribution in [1.29, 1.82) is 0 Å². The molecular formula is C14H15F2N3. The van der Waals surface area contributed by atoms with E-state index >= 15 is 0 Å². The molecule has 2 aromatic carbocycles. The Balaban J connectivity index is 2.36. The summed E-state index contributed by atoms with van der Waals surface area (Å²) in [7, 11) is 3.80. The molecule has 100 valence electrons. The zero-order chi connectivity index (χ0) is 14.0. The van der Waals surface area contributed by atoms with Gasteiger partial charge >= 0.3 is 0 Å². The van der Waals surface area contributed by atoms with Gasteiger partial charge in [0.1, 0.15) is 5.69 Å². The van der Waals surface area contributed by atoms with Crippen molar-refractivity contribution < 1.29 is 8.78 Å². The number of anilines is 4. The van der Waals surface area contributed by atoms with Crippen LogP contribution in [0.3, 0.4) is 0 Å². The number of nitrogens with zero attached hydrogens (tertiary/aromatic N) is 1. The number of rotatable bonds is 3. The van der Waals surface area contributed by atoms with E-state index in [0.29, 0.717) is 5.69 Å². The number of benzene rings is 2. The van der Waals surface area contributed by atoms with Gasteiger partial charge in [-0.2, -0.15) is 0 Å². The molecule has 0 spiro atoms. The highest BCUT2D eigenvalue weighted by atomic mass is 19.2. The molecule has 0 unspecified atom stereocenters. The molecule has 0 aliphatic carbocycles. The van der Waals surface area contributed by atoms with E-state index in [2.05, 4.69) is 5.32 Å². The highest BCUT2D eigenvalue weighted by Gasteiger charge is 2.12. The highest BCUT2D eigenvalue weighted by molar-refractivity contribution is 5.74. The van der Waals surface area contributed by atoms with Crippen LogP contribution >= 0.6 is 0 Å². The van der Waals surface area contributed by atoms with Gasteiger partial charge in [-0.3, -0.25) is 0 Å². The lowest BCUT2D eigenvalue weighted by atomic mass is 10.2. The average molecular weight is 263 g/mol. The molecule has 0 saturated carbocycles. The molecule has 0 radical (unpaired) electrons. The summed E-state index contributed by atoms with van der Waals surface area (Å²) < 4.78 is 26.9. The lowest BCUT2D eigenvalue weighted by Crippen LogP contribution is -2.09. The minimum Gasteiger partial charge on any atom is -0.397 e. The number of halogens is 2. The van der Waals surface area contributed by atoms with Crippen molar-refractivity contribution in [3.8, 4) is 0 Å². The van der Waals surface area contributed by atoms with E-state index in [4.69, 9.17) is 5.73 Å². The quantitative estimate of drug-likeness (QED) is 0.834. The minimum absolute atomic E-state index is 0.0455. The topological polar surface area (TPSA) is 41.3 Å². The van der Waals surface area contributed by atoms with Gasteiger partial charge in [-0.05, 0) is 30.3 Å². The van der Waals surface area contributed by atoms with E-state index in [1.807, 2.05) is 37.2 Å². The molecule has 0 saturated heterocycles. The predicted octanol–water partition coefficient (Wildman–Crippen LogP) is 3.36. The Bertz CT molecular complexity index is 597. The summed E-state index contributed by atoms with van der Waals surface area (Å²) in [6.07, 6.45) is 0. The maximum Gasteiger partial charge on any atom is 0.184 e. The van der Waals surface area contributed by atoms with Crippen LogP contribution in [0.4, 0.5) is 31.5 Å². The van der Waals surface area contributed by atoms with E-state index in [1.54, 1.807) is 6.07 Å². The second-order valence-corrected chi connectivity index (χ2v) is 4.40. The van der Waals surface area contributed by atoms with Crippen LogP contribution in [0.5, 0.6) is 0 Å². The summed E-state index contributed by atoms with van der Waals surface area (Å²) in [6.45, 7) is 0. The number of nitrogen functional groups attached to an aromatic ring is 1. The normalized spacial score (nSPS) is 10.3. The molecular weight excluding hydrogens is 248 g/mol. The van der Waals surface area contributed by atoms with Crippen molar-refractivity contribution in [2.24, 2.45) is 0 Å². The first-order chi connectivity index (χ1) is 8.99. The van der Waals surface area contributed by atoms with Crippen molar-refractivity contribution in [2.75, 3.05) is 30.0 Å². The van der Waals surface area contributed by atoms with Crippen molar-refractivity contribution in [3.63, 3.8) is 0 Å². The summed E-state index contributed by atoms with van der Waals surface area (Å²) in [6, 6.07) is 9.66. The minimum atomic E-state index is -0.977. The van der Waals surface area contributed by atoms with Crippen molar-refractivity contribution in [3.05, 3.63) is 48.0 Å². The third kappa shape index (κ3) is 2.76. The monoisotopic (exact) mass is 263 g/mol. The second kappa shape index (κ2) is 5.14. The first-order valence-corrected chi connectivity index (χ1v) is 5.77. The SMILES string of the molecule is CN(C)c1cccc(Nc2c(N)ccc(F)c2F)c1. The molecule has 0 aliphatic rings. The van der Waals surface area contributed by atoms with Gasteiger partial charge in [-0.25, -0.2) is 8.78 Å². The van der Waals surface area contributed by atoms with Crippen LogP contribution in [-0.4, -0.2) is 14.1 Å². The summed E-state index contributed by atoms with van der Waals surface area (Å²) in [4.78, 5) is 1.91. The van der Waals surface area contributed by atoms with Gasteiger partial charge < -0.3 is 16.0 Å². The third-order valence-corrected chi connectivity index (χ3v) is 2.76. The fourth-order valence-electron chi connectivity index (χ4n) is 1.70. The van der Waals surface area contributed by atoms with Gasteiger partial charge in [0, 0.05) is 25.5 Å². The molecule has 0 aliphatic heterocycles. The molecule has 3 N–H and O–H groups in total. The lowest BCUT2D eigenvalue weighted by molar-refractivity contribution is 0.512. The smallest absolute Gasteiger partial charge is 0.184 e. The maximum absolute atomic E-state index is 13.7. The van der Waals surface area contributed by atoms with Crippen molar-refractivity contribution >= 4 is 22.7 Å². The standard InChI is InChI=1S/C14H15F2N3/c1-19(2)10-5-3-4-9(8-10)18-14-12(17)7-6-11(15)13(14)16/h3-8,18H,17H2,1-2H3. The van der Waals surface area contributed by atoms with Gasteiger partial charge in [0.05, 0.1) is 5.69 Å². The Hall–Kier alpha value is -2.30. The van der Waals surface area contributed by atoms with Crippen molar-refractivity contribution in [2.45, 2.75) is 0 Å².